The maximum absolute atomic E-state index is 12.2. The van der Waals surface area contributed by atoms with Crippen LogP contribution in [0.4, 0.5) is 9.93 Å². The number of rotatable bonds is 6. The SMILES string of the molecule is CS(O)(O)c1cccc(-c2ccc3nc(NC(=O)NCCC(=O)N4CCCC4)sc3c2)c1.[HH].[HH]. The second kappa shape index (κ2) is 9.45. The molecule has 1 aliphatic rings. The van der Waals surface area contributed by atoms with Crippen molar-refractivity contribution in [3.63, 3.8) is 0 Å². The Hall–Kier alpha value is -2.66. The monoisotopic (exact) mass is 478 g/mol. The smallest absolute Gasteiger partial charge is 0.321 e. The summed E-state index contributed by atoms with van der Waals surface area (Å²) in [7, 11) is -2.79. The quantitative estimate of drug-likeness (QED) is 0.382. The lowest BCUT2D eigenvalue weighted by atomic mass is 10.1. The maximum atomic E-state index is 12.2. The van der Waals surface area contributed by atoms with E-state index in [1.54, 1.807) is 18.2 Å². The Bertz CT molecular complexity index is 1150. The molecule has 0 saturated carbocycles. The number of amides is 3. The molecule has 2 heterocycles. The van der Waals surface area contributed by atoms with Crippen LogP contribution in [0.2, 0.25) is 0 Å². The van der Waals surface area contributed by atoms with E-state index >= 15 is 0 Å². The number of aromatic nitrogens is 1. The second-order valence-electron chi connectivity index (χ2n) is 7.78. The van der Waals surface area contributed by atoms with Crippen LogP contribution in [0.3, 0.4) is 0 Å². The van der Waals surface area contributed by atoms with Gasteiger partial charge >= 0.3 is 6.03 Å². The second-order valence-corrected chi connectivity index (χ2v) is 11.0. The number of nitrogens with one attached hydrogen (secondary N) is 2. The lowest BCUT2D eigenvalue weighted by Crippen LogP contribution is -2.34. The van der Waals surface area contributed by atoms with Crippen molar-refractivity contribution < 1.29 is 21.5 Å². The van der Waals surface area contributed by atoms with Crippen LogP contribution < -0.4 is 10.6 Å². The Morgan fingerprint density at radius 1 is 1.16 bits per heavy atom. The van der Waals surface area contributed by atoms with Crippen LogP contribution in [0.5, 0.6) is 0 Å². The standard InChI is InChI=1S/C22H26N4O4S2.2H2/c1-32(29,30)17-6-4-5-15(13-17)16-7-8-18-19(14-16)31-22(24-18)25-21(28)23-10-9-20(27)26-11-2-3-12-26;;/h4-8,13-14,29-30H,2-3,9-12H2,1H3,(H2,23,24,25,28);2*1H. The Morgan fingerprint density at radius 3 is 2.66 bits per heavy atom. The van der Waals surface area contributed by atoms with Crippen LogP contribution in [0, 0.1) is 0 Å². The topological polar surface area (TPSA) is 115 Å². The van der Waals surface area contributed by atoms with Gasteiger partial charge in [0, 0.05) is 35.2 Å². The van der Waals surface area contributed by atoms with Gasteiger partial charge in [-0.05, 0) is 48.2 Å². The number of thiazole rings is 1. The third-order valence-electron chi connectivity index (χ3n) is 5.31. The van der Waals surface area contributed by atoms with Crippen molar-refractivity contribution in [3.8, 4) is 11.1 Å². The number of carbonyl (C=O) groups is 2. The van der Waals surface area contributed by atoms with Crippen LogP contribution in [-0.4, -0.2) is 56.8 Å². The number of urea groups is 1. The van der Waals surface area contributed by atoms with Gasteiger partial charge in [-0.1, -0.05) is 29.5 Å². The molecule has 1 aromatic heterocycles. The molecule has 8 nitrogen and oxygen atoms in total. The van der Waals surface area contributed by atoms with E-state index in [9.17, 15) is 18.7 Å². The third kappa shape index (κ3) is 5.39. The number of hydrogen-bond donors (Lipinski definition) is 4. The molecule has 0 spiro atoms. The van der Waals surface area contributed by atoms with Crippen LogP contribution >= 0.6 is 21.9 Å². The zero-order valence-corrected chi connectivity index (χ0v) is 19.3. The molecule has 3 amide bonds. The summed E-state index contributed by atoms with van der Waals surface area (Å²) >= 11 is 1.35. The summed E-state index contributed by atoms with van der Waals surface area (Å²) in [6, 6.07) is 12.5. The molecule has 4 N–H and O–H groups in total. The van der Waals surface area contributed by atoms with E-state index in [-0.39, 0.29) is 27.8 Å². The first-order valence-corrected chi connectivity index (χ1v) is 13.1. The van der Waals surface area contributed by atoms with Crippen molar-refractivity contribution >= 4 is 49.2 Å². The van der Waals surface area contributed by atoms with Crippen LogP contribution in [0.25, 0.3) is 21.3 Å². The van der Waals surface area contributed by atoms with Gasteiger partial charge in [-0.3, -0.25) is 19.2 Å². The van der Waals surface area contributed by atoms with E-state index in [1.165, 1.54) is 17.6 Å². The Balaban J connectivity index is 0.00000204. The first-order valence-electron chi connectivity index (χ1n) is 10.4. The highest BCUT2D eigenvalue weighted by Gasteiger charge is 2.17. The number of hydrogen-bond acceptors (Lipinski definition) is 6. The summed E-state index contributed by atoms with van der Waals surface area (Å²) in [4.78, 5) is 31.0. The number of carbonyl (C=O) groups excluding carboxylic acids is 2. The predicted molar refractivity (Wildman–Crippen MR) is 134 cm³/mol. The first-order chi connectivity index (χ1) is 15.3. The van der Waals surface area contributed by atoms with Gasteiger partial charge in [0.25, 0.3) is 0 Å². The molecule has 2 aromatic carbocycles. The van der Waals surface area contributed by atoms with Crippen molar-refractivity contribution in [1.82, 2.24) is 15.2 Å². The highest BCUT2D eigenvalue weighted by Crippen LogP contribution is 2.45. The van der Waals surface area contributed by atoms with Gasteiger partial charge in [-0.15, -0.1) is 0 Å². The van der Waals surface area contributed by atoms with Gasteiger partial charge in [0.2, 0.25) is 5.91 Å². The number of fused-ring (bicyclic) bond motifs is 1. The van der Waals surface area contributed by atoms with Crippen molar-refractivity contribution in [2.24, 2.45) is 0 Å². The fourth-order valence-corrected chi connectivity index (χ4v) is 5.21. The molecule has 10 heteroatoms. The van der Waals surface area contributed by atoms with Gasteiger partial charge in [-0.25, -0.2) is 9.78 Å². The zero-order chi connectivity index (χ0) is 22.7. The fourth-order valence-electron chi connectivity index (χ4n) is 3.62. The largest absolute Gasteiger partial charge is 0.343 e. The van der Waals surface area contributed by atoms with Crippen molar-refractivity contribution in [3.05, 3.63) is 42.5 Å². The van der Waals surface area contributed by atoms with Crippen LogP contribution in [0.15, 0.2) is 47.4 Å². The highest BCUT2D eigenvalue weighted by atomic mass is 32.3. The predicted octanol–water partition coefficient (Wildman–Crippen LogP) is 5.33. The number of nitrogens with zero attached hydrogens (tertiary/aromatic N) is 2. The van der Waals surface area contributed by atoms with Crippen molar-refractivity contribution in [2.45, 2.75) is 24.2 Å². The average Bonchev–Trinajstić information content (AvgIpc) is 3.42. The molecule has 0 radical (unpaired) electrons. The summed E-state index contributed by atoms with van der Waals surface area (Å²) in [6.07, 6.45) is 3.79. The van der Waals surface area contributed by atoms with Gasteiger partial charge in [0.15, 0.2) is 5.13 Å². The number of anilines is 1. The number of likely N-dealkylation sites (tertiary alicyclic amines) is 1. The normalized spacial score (nSPS) is 14.5. The molecule has 174 valence electrons. The minimum Gasteiger partial charge on any atom is -0.343 e. The molecule has 0 atom stereocenters. The third-order valence-corrected chi connectivity index (χ3v) is 7.39. The lowest BCUT2D eigenvalue weighted by Gasteiger charge is -2.27. The Kier molecular flexibility index (Phi) is 6.66. The highest BCUT2D eigenvalue weighted by molar-refractivity contribution is 8.23. The van der Waals surface area contributed by atoms with Crippen molar-refractivity contribution in [2.75, 3.05) is 31.2 Å². The Morgan fingerprint density at radius 2 is 1.91 bits per heavy atom. The molecular formula is C22H30N4O4S2. The molecule has 1 saturated heterocycles. The van der Waals surface area contributed by atoms with E-state index in [4.69, 9.17) is 0 Å². The van der Waals surface area contributed by atoms with Crippen molar-refractivity contribution in [1.29, 1.82) is 0 Å². The van der Waals surface area contributed by atoms with Gasteiger partial charge < -0.3 is 10.2 Å². The van der Waals surface area contributed by atoms with Crippen LogP contribution in [-0.2, 0) is 4.79 Å². The minimum atomic E-state index is -2.79. The molecule has 4 rings (SSSR count). The summed E-state index contributed by atoms with van der Waals surface area (Å²) < 4.78 is 20.8. The molecule has 0 bridgehead atoms. The lowest BCUT2D eigenvalue weighted by molar-refractivity contribution is -0.129. The Labute approximate surface area is 195 Å². The minimum absolute atomic E-state index is 0. The summed E-state index contributed by atoms with van der Waals surface area (Å²) in [5.41, 5.74) is 2.55. The van der Waals surface area contributed by atoms with Gasteiger partial charge in [-0.2, -0.15) is 10.6 Å². The van der Waals surface area contributed by atoms with E-state index in [2.05, 4.69) is 15.6 Å². The number of benzene rings is 2. The van der Waals surface area contributed by atoms with Gasteiger partial charge in [0.05, 0.1) is 15.1 Å². The first kappa shape index (κ1) is 22.5. The molecule has 0 aliphatic carbocycles. The molecule has 3 aromatic rings. The summed E-state index contributed by atoms with van der Waals surface area (Å²) in [5.74, 6) is 0.0729. The average molecular weight is 479 g/mol. The van der Waals surface area contributed by atoms with E-state index in [1.807, 2.05) is 29.2 Å². The van der Waals surface area contributed by atoms with E-state index in [0.29, 0.717) is 10.0 Å². The molecular weight excluding hydrogens is 448 g/mol. The molecule has 1 aliphatic heterocycles. The summed E-state index contributed by atoms with van der Waals surface area (Å²) in [6.45, 7) is 1.90. The van der Waals surface area contributed by atoms with Gasteiger partial charge in [0.1, 0.15) is 0 Å². The molecule has 1 fully saturated rings. The van der Waals surface area contributed by atoms with Crippen LogP contribution in [0.1, 0.15) is 22.1 Å². The van der Waals surface area contributed by atoms with E-state index in [0.717, 1.165) is 47.3 Å². The summed E-state index contributed by atoms with van der Waals surface area (Å²) in [5, 5.41) is 5.91. The maximum Gasteiger partial charge on any atom is 0.321 e. The van der Waals surface area contributed by atoms with E-state index < -0.39 is 10.6 Å². The zero-order valence-electron chi connectivity index (χ0n) is 17.7. The fraction of sp³-hybridized carbons (Fsp3) is 0.318. The molecule has 0 unspecified atom stereocenters. The molecule has 32 heavy (non-hydrogen) atoms.